The molecule has 0 bridgehead atoms. The van der Waals surface area contributed by atoms with Crippen molar-refractivity contribution in [1.29, 1.82) is 0 Å². The molecule has 3 heteroatoms. The van der Waals surface area contributed by atoms with Crippen LogP contribution < -0.4 is 9.80 Å². The average Bonchev–Trinajstić information content (AvgIpc) is 3.05. The lowest BCUT2D eigenvalue weighted by molar-refractivity contribution is 0.530. The quantitative estimate of drug-likeness (QED) is 0.171. The minimum Gasteiger partial charge on any atom is -0.309 e. The molecule has 2 nitrogen and oxygen atoms in total. The second-order valence-electron chi connectivity index (χ2n) is 20.4. The van der Waals surface area contributed by atoms with Gasteiger partial charge in [0, 0.05) is 22.7 Å². The number of nitrogens with zero attached hydrogens (tertiary/aromatic N) is 2. The highest BCUT2D eigenvalue weighted by molar-refractivity contribution is 6.36. The summed E-state index contributed by atoms with van der Waals surface area (Å²) in [6.45, 7) is 36.4. The first kappa shape index (κ1) is 41.2. The molecule has 0 aliphatic heterocycles. The summed E-state index contributed by atoms with van der Waals surface area (Å²) in [5.74, 6) is 0. The molecule has 0 saturated heterocycles. The van der Waals surface area contributed by atoms with Gasteiger partial charge in [-0.3, -0.25) is 0 Å². The topological polar surface area (TPSA) is 6.48 Å². The molecule has 0 amide bonds. The van der Waals surface area contributed by atoms with Crippen molar-refractivity contribution in [1.82, 2.24) is 0 Å². The fraction of sp³-hybridized carbons (Fsp3) is 0.412. The molecule has 0 fully saturated rings. The van der Waals surface area contributed by atoms with E-state index in [0.29, 0.717) is 5.02 Å². The molecule has 0 unspecified atom stereocenters. The van der Waals surface area contributed by atoms with Gasteiger partial charge < -0.3 is 9.80 Å². The first-order valence-electron chi connectivity index (χ1n) is 19.6. The molecule has 0 spiro atoms. The van der Waals surface area contributed by atoms with Crippen LogP contribution in [0.5, 0.6) is 0 Å². The van der Waals surface area contributed by atoms with Crippen LogP contribution >= 0.6 is 11.6 Å². The number of anilines is 6. The molecular formula is C51H65ClN2. The third-order valence-corrected chi connectivity index (χ3v) is 10.9. The summed E-state index contributed by atoms with van der Waals surface area (Å²) in [6.07, 6.45) is 0. The highest BCUT2D eigenvalue weighted by atomic mass is 35.5. The molecule has 0 N–H and O–H groups in total. The van der Waals surface area contributed by atoms with Crippen molar-refractivity contribution in [3.8, 4) is 0 Å². The summed E-state index contributed by atoms with van der Waals surface area (Å²) in [6, 6.07) is 38.4. The lowest BCUT2D eigenvalue weighted by Crippen LogP contribution is -2.23. The molecule has 0 aliphatic carbocycles. The summed E-state index contributed by atoms with van der Waals surface area (Å²) in [5.41, 5.74) is 13.9. The Morgan fingerprint density at radius 2 is 0.759 bits per heavy atom. The minimum absolute atomic E-state index is 0.00213. The van der Waals surface area contributed by atoms with Gasteiger partial charge in [0.2, 0.25) is 0 Å². The standard InChI is InChI=1S/C51H65ClN2/c1-34-30-44(53(38-24-20-35(21-25-38)47(2,3)4)39-26-22-36(23-27-39)48(5,6)7)46(52)45(31-34)54(40-19-17-18-37(32-40)49(8,9)10)41-28-29-42(50(11,12)13)43(33-41)51(14,15)16/h17-33H,1-16H3. The maximum Gasteiger partial charge on any atom is 0.0887 e. The van der Waals surface area contributed by atoms with E-state index in [-0.39, 0.29) is 27.1 Å². The monoisotopic (exact) mass is 740 g/mol. The Balaban J connectivity index is 1.83. The lowest BCUT2D eigenvalue weighted by atomic mass is 9.75. The van der Waals surface area contributed by atoms with Crippen molar-refractivity contribution in [2.45, 2.75) is 138 Å². The number of hydrogen-bond donors (Lipinski definition) is 0. The van der Waals surface area contributed by atoms with Crippen LogP contribution in [0.25, 0.3) is 0 Å². The molecule has 5 aromatic rings. The van der Waals surface area contributed by atoms with Crippen molar-refractivity contribution in [3.63, 3.8) is 0 Å². The van der Waals surface area contributed by atoms with Crippen LogP contribution in [0, 0.1) is 6.92 Å². The second-order valence-corrected chi connectivity index (χ2v) is 20.8. The van der Waals surface area contributed by atoms with Gasteiger partial charge in [0.1, 0.15) is 0 Å². The molecule has 0 atom stereocenters. The highest BCUT2D eigenvalue weighted by Crippen LogP contribution is 2.49. The SMILES string of the molecule is Cc1cc(N(c2ccc(C(C)(C)C)cc2)c2ccc(C(C)(C)C)cc2)c(Cl)c(N(c2cccc(C(C)(C)C)c2)c2ccc(C(C)(C)C)c(C(C)(C)C)c2)c1. The average molecular weight is 742 g/mol. The number of rotatable bonds is 6. The Morgan fingerprint density at radius 1 is 0.370 bits per heavy atom. The molecule has 0 aliphatic rings. The van der Waals surface area contributed by atoms with E-state index in [1.54, 1.807) is 0 Å². The Bertz CT molecular complexity index is 2030. The molecule has 5 aromatic carbocycles. The van der Waals surface area contributed by atoms with Crippen LogP contribution in [-0.2, 0) is 27.1 Å². The summed E-state index contributed by atoms with van der Waals surface area (Å²) in [5, 5.41) is 0.693. The van der Waals surface area contributed by atoms with Crippen molar-refractivity contribution < 1.29 is 0 Å². The van der Waals surface area contributed by atoms with Crippen molar-refractivity contribution in [3.05, 3.63) is 142 Å². The number of aryl methyl sites for hydroxylation is 1. The van der Waals surface area contributed by atoms with Crippen molar-refractivity contribution in [2.75, 3.05) is 9.80 Å². The molecular weight excluding hydrogens is 676 g/mol. The number of benzene rings is 5. The first-order valence-corrected chi connectivity index (χ1v) is 20.0. The number of halogens is 1. The van der Waals surface area contributed by atoms with Crippen LogP contribution in [0.1, 0.15) is 137 Å². The van der Waals surface area contributed by atoms with E-state index >= 15 is 0 Å². The smallest absolute Gasteiger partial charge is 0.0887 e. The second kappa shape index (κ2) is 14.6. The molecule has 5 rings (SSSR count). The van der Waals surface area contributed by atoms with Crippen molar-refractivity contribution in [2.24, 2.45) is 0 Å². The highest BCUT2D eigenvalue weighted by Gasteiger charge is 2.29. The van der Waals surface area contributed by atoms with E-state index in [0.717, 1.165) is 39.7 Å². The predicted octanol–water partition coefficient (Wildman–Crippen LogP) is 16.1. The van der Waals surface area contributed by atoms with Gasteiger partial charge in [0.25, 0.3) is 0 Å². The Labute approximate surface area is 333 Å². The van der Waals surface area contributed by atoms with Crippen LogP contribution in [0.15, 0.2) is 103 Å². The largest absolute Gasteiger partial charge is 0.309 e. The van der Waals surface area contributed by atoms with E-state index in [1.165, 1.54) is 27.8 Å². The minimum atomic E-state index is -0.0612. The van der Waals surface area contributed by atoms with Crippen LogP contribution in [0.2, 0.25) is 5.02 Å². The zero-order valence-electron chi connectivity index (χ0n) is 36.1. The Kier molecular flexibility index (Phi) is 11.1. The van der Waals surface area contributed by atoms with E-state index in [1.807, 2.05) is 0 Å². The van der Waals surface area contributed by atoms with Crippen LogP contribution in [-0.4, -0.2) is 0 Å². The van der Waals surface area contributed by atoms with Crippen molar-refractivity contribution >= 4 is 45.7 Å². The predicted molar refractivity (Wildman–Crippen MR) is 239 cm³/mol. The van der Waals surface area contributed by atoms with Gasteiger partial charge in [-0.25, -0.2) is 0 Å². The van der Waals surface area contributed by atoms with E-state index < -0.39 is 0 Å². The van der Waals surface area contributed by atoms with Crippen LogP contribution in [0.3, 0.4) is 0 Å². The molecule has 286 valence electrons. The normalized spacial score (nSPS) is 12.9. The van der Waals surface area contributed by atoms with Gasteiger partial charge >= 0.3 is 0 Å². The summed E-state index contributed by atoms with van der Waals surface area (Å²) in [7, 11) is 0. The molecule has 54 heavy (non-hydrogen) atoms. The zero-order valence-corrected chi connectivity index (χ0v) is 36.8. The van der Waals surface area contributed by atoms with Gasteiger partial charge in [0.05, 0.1) is 16.4 Å². The Hall–Kier alpha value is -4.01. The first-order chi connectivity index (χ1) is 24.8. The van der Waals surface area contributed by atoms with Gasteiger partial charge in [-0.15, -0.1) is 0 Å². The Morgan fingerprint density at radius 3 is 1.17 bits per heavy atom. The van der Waals surface area contributed by atoms with Crippen LogP contribution in [0.4, 0.5) is 34.1 Å². The fourth-order valence-electron chi connectivity index (χ4n) is 7.19. The summed E-state index contributed by atoms with van der Waals surface area (Å²) >= 11 is 7.86. The van der Waals surface area contributed by atoms with E-state index in [9.17, 15) is 0 Å². The molecule has 0 heterocycles. The van der Waals surface area contributed by atoms with Gasteiger partial charge in [-0.05, 0) is 128 Å². The maximum absolute atomic E-state index is 7.86. The third-order valence-electron chi connectivity index (χ3n) is 10.5. The van der Waals surface area contributed by atoms with E-state index in [4.69, 9.17) is 11.6 Å². The van der Waals surface area contributed by atoms with Gasteiger partial charge in [-0.1, -0.05) is 158 Å². The third kappa shape index (κ3) is 8.92. The summed E-state index contributed by atoms with van der Waals surface area (Å²) < 4.78 is 0. The summed E-state index contributed by atoms with van der Waals surface area (Å²) in [4.78, 5) is 4.70. The fourth-order valence-corrected chi connectivity index (χ4v) is 7.47. The lowest BCUT2D eigenvalue weighted by Gasteiger charge is -2.35. The van der Waals surface area contributed by atoms with E-state index in [2.05, 4.69) is 224 Å². The number of hydrogen-bond acceptors (Lipinski definition) is 2. The molecule has 0 aromatic heterocycles. The maximum atomic E-state index is 7.86. The van der Waals surface area contributed by atoms with Gasteiger partial charge in [0.15, 0.2) is 0 Å². The zero-order chi connectivity index (χ0) is 40.2. The molecule has 0 radical (unpaired) electrons. The van der Waals surface area contributed by atoms with Gasteiger partial charge in [-0.2, -0.15) is 0 Å². The molecule has 0 saturated carbocycles.